The fourth-order valence-electron chi connectivity index (χ4n) is 2.35. The predicted octanol–water partition coefficient (Wildman–Crippen LogP) is 4.18. The number of hydrogen-bond acceptors (Lipinski definition) is 2. The Bertz CT molecular complexity index is 515. The van der Waals surface area contributed by atoms with Crippen molar-refractivity contribution in [2.24, 2.45) is 0 Å². The van der Waals surface area contributed by atoms with Crippen LogP contribution < -0.4 is 5.32 Å². The second kappa shape index (κ2) is 6.58. The third-order valence-electron chi connectivity index (χ3n) is 3.32. The van der Waals surface area contributed by atoms with Gasteiger partial charge in [-0.15, -0.1) is 0 Å². The van der Waals surface area contributed by atoms with E-state index >= 15 is 0 Å². The first-order valence-corrected chi connectivity index (χ1v) is 7.03. The first kappa shape index (κ1) is 13.9. The SMILES string of the molecule is CCCNC(Cc1cccc(C)c1)c1coc(C)c1. The maximum Gasteiger partial charge on any atom is 0.101 e. The lowest BCUT2D eigenvalue weighted by Crippen LogP contribution is -2.23. The van der Waals surface area contributed by atoms with Gasteiger partial charge in [-0.3, -0.25) is 0 Å². The van der Waals surface area contributed by atoms with E-state index in [0.29, 0.717) is 6.04 Å². The van der Waals surface area contributed by atoms with Crippen molar-refractivity contribution in [2.45, 2.75) is 39.7 Å². The highest BCUT2D eigenvalue weighted by atomic mass is 16.3. The Morgan fingerprint density at radius 2 is 2.05 bits per heavy atom. The number of nitrogens with one attached hydrogen (secondary N) is 1. The van der Waals surface area contributed by atoms with E-state index < -0.39 is 0 Å². The fraction of sp³-hybridized carbons (Fsp3) is 0.412. The second-order valence-electron chi connectivity index (χ2n) is 5.19. The average Bonchev–Trinajstić information content (AvgIpc) is 2.81. The highest BCUT2D eigenvalue weighted by Crippen LogP contribution is 2.21. The summed E-state index contributed by atoms with van der Waals surface area (Å²) in [6.45, 7) is 7.35. The molecule has 1 N–H and O–H groups in total. The maximum absolute atomic E-state index is 5.45. The molecule has 0 saturated carbocycles. The van der Waals surface area contributed by atoms with Crippen molar-refractivity contribution in [3.63, 3.8) is 0 Å². The van der Waals surface area contributed by atoms with Crippen molar-refractivity contribution in [2.75, 3.05) is 6.54 Å². The number of furan rings is 1. The summed E-state index contributed by atoms with van der Waals surface area (Å²) in [6, 6.07) is 11.2. The van der Waals surface area contributed by atoms with Crippen LogP contribution in [0.3, 0.4) is 0 Å². The average molecular weight is 257 g/mol. The lowest BCUT2D eigenvalue weighted by Gasteiger charge is -2.17. The maximum atomic E-state index is 5.45. The Morgan fingerprint density at radius 3 is 2.68 bits per heavy atom. The van der Waals surface area contributed by atoms with Gasteiger partial charge in [0, 0.05) is 11.6 Å². The molecule has 1 aromatic carbocycles. The quantitative estimate of drug-likeness (QED) is 0.839. The third kappa shape index (κ3) is 3.97. The Hall–Kier alpha value is -1.54. The molecule has 19 heavy (non-hydrogen) atoms. The van der Waals surface area contributed by atoms with Crippen LogP contribution in [-0.4, -0.2) is 6.54 Å². The summed E-state index contributed by atoms with van der Waals surface area (Å²) in [5, 5.41) is 3.61. The highest BCUT2D eigenvalue weighted by Gasteiger charge is 2.13. The van der Waals surface area contributed by atoms with Crippen LogP contribution in [0.25, 0.3) is 0 Å². The minimum atomic E-state index is 0.333. The third-order valence-corrected chi connectivity index (χ3v) is 3.32. The van der Waals surface area contributed by atoms with Gasteiger partial charge in [-0.25, -0.2) is 0 Å². The molecule has 0 aliphatic rings. The van der Waals surface area contributed by atoms with Crippen LogP contribution in [0.2, 0.25) is 0 Å². The molecule has 0 aliphatic carbocycles. The summed E-state index contributed by atoms with van der Waals surface area (Å²) in [4.78, 5) is 0. The molecule has 0 saturated heterocycles. The first-order chi connectivity index (χ1) is 9.19. The molecule has 0 aliphatic heterocycles. The molecular weight excluding hydrogens is 234 g/mol. The summed E-state index contributed by atoms with van der Waals surface area (Å²) in [7, 11) is 0. The van der Waals surface area contributed by atoms with E-state index in [0.717, 1.165) is 25.1 Å². The van der Waals surface area contributed by atoms with Gasteiger partial charge in [0.15, 0.2) is 0 Å². The van der Waals surface area contributed by atoms with Gasteiger partial charge in [-0.1, -0.05) is 36.8 Å². The van der Waals surface area contributed by atoms with Crippen LogP contribution in [0, 0.1) is 13.8 Å². The standard InChI is InChI=1S/C17H23NO/c1-4-8-18-17(16-10-14(3)19-12-16)11-15-7-5-6-13(2)9-15/h5-7,9-10,12,17-18H,4,8,11H2,1-3H3. The summed E-state index contributed by atoms with van der Waals surface area (Å²) in [5.41, 5.74) is 3.93. The van der Waals surface area contributed by atoms with Crippen LogP contribution in [-0.2, 0) is 6.42 Å². The summed E-state index contributed by atoms with van der Waals surface area (Å²) in [6.07, 6.45) is 4.01. The zero-order chi connectivity index (χ0) is 13.7. The van der Waals surface area contributed by atoms with Crippen molar-refractivity contribution in [1.29, 1.82) is 0 Å². The molecule has 0 amide bonds. The molecule has 102 valence electrons. The molecule has 0 fully saturated rings. The van der Waals surface area contributed by atoms with E-state index in [1.54, 1.807) is 0 Å². The Kier molecular flexibility index (Phi) is 4.80. The van der Waals surface area contributed by atoms with Crippen molar-refractivity contribution in [3.8, 4) is 0 Å². The van der Waals surface area contributed by atoms with Crippen molar-refractivity contribution in [3.05, 3.63) is 59.0 Å². The number of aryl methyl sites for hydroxylation is 2. The summed E-state index contributed by atoms with van der Waals surface area (Å²) >= 11 is 0. The van der Waals surface area contributed by atoms with Crippen molar-refractivity contribution in [1.82, 2.24) is 5.32 Å². The van der Waals surface area contributed by atoms with Gasteiger partial charge in [-0.2, -0.15) is 0 Å². The first-order valence-electron chi connectivity index (χ1n) is 7.03. The molecular formula is C17H23NO. The molecule has 2 aromatic rings. The van der Waals surface area contributed by atoms with Crippen LogP contribution in [0.15, 0.2) is 41.0 Å². The predicted molar refractivity (Wildman–Crippen MR) is 79.4 cm³/mol. The largest absolute Gasteiger partial charge is 0.469 e. The van der Waals surface area contributed by atoms with E-state index in [1.807, 2.05) is 13.2 Å². The lowest BCUT2D eigenvalue weighted by atomic mass is 9.99. The number of benzene rings is 1. The van der Waals surface area contributed by atoms with Gasteiger partial charge in [-0.05, 0) is 44.9 Å². The fourth-order valence-corrected chi connectivity index (χ4v) is 2.35. The Balaban J connectivity index is 2.13. The van der Waals surface area contributed by atoms with Gasteiger partial charge < -0.3 is 9.73 Å². The highest BCUT2D eigenvalue weighted by molar-refractivity contribution is 5.26. The minimum Gasteiger partial charge on any atom is -0.469 e. The number of rotatable bonds is 6. The molecule has 2 nitrogen and oxygen atoms in total. The van der Waals surface area contributed by atoms with Gasteiger partial charge in [0.25, 0.3) is 0 Å². The minimum absolute atomic E-state index is 0.333. The molecule has 1 aromatic heterocycles. The van der Waals surface area contributed by atoms with E-state index in [2.05, 4.69) is 49.5 Å². The molecule has 0 radical (unpaired) electrons. The van der Waals surface area contributed by atoms with Crippen LogP contribution in [0.5, 0.6) is 0 Å². The summed E-state index contributed by atoms with van der Waals surface area (Å²) in [5.74, 6) is 0.975. The normalized spacial score (nSPS) is 12.6. The zero-order valence-corrected chi connectivity index (χ0v) is 12.1. The molecule has 1 unspecified atom stereocenters. The molecule has 1 heterocycles. The van der Waals surface area contributed by atoms with Crippen molar-refractivity contribution < 1.29 is 4.42 Å². The number of hydrogen-bond donors (Lipinski definition) is 1. The Morgan fingerprint density at radius 1 is 1.21 bits per heavy atom. The molecule has 0 bridgehead atoms. The van der Waals surface area contributed by atoms with Gasteiger partial charge in [0.2, 0.25) is 0 Å². The molecule has 2 rings (SSSR count). The zero-order valence-electron chi connectivity index (χ0n) is 12.1. The van der Waals surface area contributed by atoms with E-state index in [1.165, 1.54) is 16.7 Å². The van der Waals surface area contributed by atoms with E-state index in [4.69, 9.17) is 4.42 Å². The van der Waals surface area contributed by atoms with Crippen LogP contribution >= 0.6 is 0 Å². The van der Waals surface area contributed by atoms with E-state index in [-0.39, 0.29) is 0 Å². The van der Waals surface area contributed by atoms with E-state index in [9.17, 15) is 0 Å². The molecule has 2 heteroatoms. The lowest BCUT2D eigenvalue weighted by molar-refractivity contribution is 0.503. The summed E-state index contributed by atoms with van der Waals surface area (Å²) < 4.78 is 5.45. The van der Waals surface area contributed by atoms with Crippen molar-refractivity contribution >= 4 is 0 Å². The molecule has 1 atom stereocenters. The second-order valence-corrected chi connectivity index (χ2v) is 5.19. The van der Waals surface area contributed by atoms with Gasteiger partial charge in [0.05, 0.1) is 6.26 Å². The smallest absolute Gasteiger partial charge is 0.101 e. The van der Waals surface area contributed by atoms with Crippen LogP contribution in [0.4, 0.5) is 0 Å². The molecule has 0 spiro atoms. The Labute approximate surface area is 115 Å². The van der Waals surface area contributed by atoms with Crippen LogP contribution in [0.1, 0.15) is 41.8 Å². The van der Waals surface area contributed by atoms with Gasteiger partial charge in [0.1, 0.15) is 5.76 Å². The monoisotopic (exact) mass is 257 g/mol. The topological polar surface area (TPSA) is 25.2 Å². The van der Waals surface area contributed by atoms with Gasteiger partial charge >= 0.3 is 0 Å².